The molecule has 1 aliphatic heterocycles. The van der Waals surface area contributed by atoms with E-state index in [-0.39, 0.29) is 22.2 Å². The van der Waals surface area contributed by atoms with Crippen LogP contribution in [0.4, 0.5) is 17.6 Å². The SMILES string of the molecule is O=C(NCc1ccc(C(F)(F)F)c(Cl)c1)c1ccc(S(=O)(=O)NC2=N[C@H](O)[C@@H](F)S2)cc1. The van der Waals surface area contributed by atoms with Crippen LogP contribution in [0.25, 0.3) is 0 Å². The van der Waals surface area contributed by atoms with Crippen LogP contribution in [0.1, 0.15) is 21.5 Å². The van der Waals surface area contributed by atoms with Crippen molar-refractivity contribution in [2.45, 2.75) is 29.3 Å². The molecule has 0 fully saturated rings. The first-order valence-electron chi connectivity index (χ1n) is 8.70. The minimum Gasteiger partial charge on any atom is -0.368 e. The molecule has 0 unspecified atom stereocenters. The normalized spacial score (nSPS) is 18.9. The third-order valence-electron chi connectivity index (χ3n) is 4.15. The molecule has 0 aliphatic carbocycles. The van der Waals surface area contributed by atoms with Crippen LogP contribution in [0.5, 0.6) is 0 Å². The van der Waals surface area contributed by atoms with Gasteiger partial charge < -0.3 is 10.4 Å². The molecule has 0 radical (unpaired) electrons. The van der Waals surface area contributed by atoms with E-state index in [1.807, 2.05) is 4.72 Å². The van der Waals surface area contributed by atoms with Crippen molar-refractivity contribution in [3.05, 3.63) is 64.2 Å². The largest absolute Gasteiger partial charge is 0.417 e. The number of hydrogen-bond acceptors (Lipinski definition) is 6. The number of halogens is 5. The molecule has 0 aromatic heterocycles. The smallest absolute Gasteiger partial charge is 0.368 e. The van der Waals surface area contributed by atoms with Gasteiger partial charge >= 0.3 is 6.18 Å². The highest BCUT2D eigenvalue weighted by Crippen LogP contribution is 2.35. The number of amidine groups is 1. The quantitative estimate of drug-likeness (QED) is 0.534. The number of thioether (sulfide) groups is 1. The standard InChI is InChI=1S/C18H14ClF4N3O4S2/c19-13-7-9(1-6-12(13)18(21,22)23)8-24-15(27)10-2-4-11(5-3-10)32(29,30)26-17-25-16(28)14(20)31-17/h1-7,14,16,28H,8H2,(H,24,27)(H,25,26)/t14-,16+/m0/s1. The molecule has 32 heavy (non-hydrogen) atoms. The molecule has 0 bridgehead atoms. The van der Waals surface area contributed by atoms with Crippen molar-refractivity contribution in [1.82, 2.24) is 10.0 Å². The number of carbonyl (C=O) groups excluding carboxylic acids is 1. The van der Waals surface area contributed by atoms with Crippen LogP contribution in [0.15, 0.2) is 52.4 Å². The number of nitrogens with zero attached hydrogens (tertiary/aromatic N) is 1. The molecule has 1 aliphatic rings. The van der Waals surface area contributed by atoms with Gasteiger partial charge in [0.15, 0.2) is 16.9 Å². The van der Waals surface area contributed by atoms with Crippen molar-refractivity contribution < 1.29 is 35.9 Å². The molecule has 2 aromatic carbocycles. The van der Waals surface area contributed by atoms with E-state index in [2.05, 4.69) is 10.3 Å². The Kier molecular flexibility index (Phi) is 7.03. The van der Waals surface area contributed by atoms with Crippen molar-refractivity contribution in [2.75, 3.05) is 0 Å². The first kappa shape index (κ1) is 24.3. The molecule has 7 nitrogen and oxygen atoms in total. The van der Waals surface area contributed by atoms with E-state index in [1.165, 1.54) is 18.2 Å². The molecule has 3 rings (SSSR count). The predicted molar refractivity (Wildman–Crippen MR) is 110 cm³/mol. The van der Waals surface area contributed by atoms with E-state index in [9.17, 15) is 35.9 Å². The van der Waals surface area contributed by atoms with E-state index in [0.717, 1.165) is 24.3 Å². The van der Waals surface area contributed by atoms with E-state index < -0.39 is 44.4 Å². The Morgan fingerprint density at radius 1 is 1.19 bits per heavy atom. The summed E-state index contributed by atoms with van der Waals surface area (Å²) in [4.78, 5) is 15.5. The van der Waals surface area contributed by atoms with Gasteiger partial charge in [-0.2, -0.15) is 13.2 Å². The zero-order valence-corrected chi connectivity index (χ0v) is 18.1. The second-order valence-electron chi connectivity index (χ2n) is 6.44. The lowest BCUT2D eigenvalue weighted by atomic mass is 10.1. The maximum Gasteiger partial charge on any atom is 0.417 e. The molecule has 0 spiro atoms. The lowest BCUT2D eigenvalue weighted by Crippen LogP contribution is -2.28. The minimum absolute atomic E-state index is 0.0915. The van der Waals surface area contributed by atoms with E-state index in [1.54, 1.807) is 0 Å². The van der Waals surface area contributed by atoms with Gasteiger partial charge in [-0.15, -0.1) is 0 Å². The molecule has 2 atom stereocenters. The first-order chi connectivity index (χ1) is 14.9. The Hall–Kier alpha value is -2.35. The van der Waals surface area contributed by atoms with E-state index >= 15 is 0 Å². The van der Waals surface area contributed by atoms with Gasteiger partial charge in [-0.25, -0.2) is 17.8 Å². The van der Waals surface area contributed by atoms with Gasteiger partial charge in [0.2, 0.25) is 0 Å². The molecular formula is C18H14ClF4N3O4S2. The monoisotopic (exact) mass is 511 g/mol. The van der Waals surface area contributed by atoms with Crippen LogP contribution in [0, 0.1) is 0 Å². The zero-order chi connectivity index (χ0) is 23.7. The van der Waals surface area contributed by atoms with Crippen LogP contribution >= 0.6 is 23.4 Å². The zero-order valence-electron chi connectivity index (χ0n) is 15.7. The third-order valence-corrected chi connectivity index (χ3v) is 6.84. The summed E-state index contributed by atoms with van der Waals surface area (Å²) < 4.78 is 78.1. The highest BCUT2D eigenvalue weighted by Gasteiger charge is 2.33. The van der Waals surface area contributed by atoms with Gasteiger partial charge in [-0.05, 0) is 53.7 Å². The maximum absolute atomic E-state index is 13.2. The fourth-order valence-electron chi connectivity index (χ4n) is 2.57. The van der Waals surface area contributed by atoms with E-state index in [4.69, 9.17) is 11.6 Å². The van der Waals surface area contributed by atoms with Crippen LogP contribution < -0.4 is 10.0 Å². The Balaban J connectivity index is 1.63. The average Bonchev–Trinajstić information content (AvgIpc) is 3.01. The highest BCUT2D eigenvalue weighted by molar-refractivity contribution is 8.15. The Bertz CT molecular complexity index is 1160. The minimum atomic E-state index is -4.59. The first-order valence-corrected chi connectivity index (χ1v) is 11.4. The Morgan fingerprint density at radius 2 is 1.84 bits per heavy atom. The number of carbonyl (C=O) groups is 1. The lowest BCUT2D eigenvalue weighted by molar-refractivity contribution is -0.137. The molecule has 2 aromatic rings. The topological polar surface area (TPSA) is 108 Å². The molecule has 1 heterocycles. The van der Waals surface area contributed by atoms with Crippen LogP contribution in [-0.2, 0) is 22.7 Å². The summed E-state index contributed by atoms with van der Waals surface area (Å²) in [6.07, 6.45) is -6.25. The number of benzene rings is 2. The fourth-order valence-corrected chi connectivity index (χ4v) is 4.86. The number of nitrogens with one attached hydrogen (secondary N) is 2. The van der Waals surface area contributed by atoms with Crippen molar-refractivity contribution >= 4 is 44.5 Å². The van der Waals surface area contributed by atoms with Gasteiger partial charge in [-0.1, -0.05) is 17.7 Å². The number of sulfonamides is 1. The Morgan fingerprint density at radius 3 is 2.38 bits per heavy atom. The molecule has 14 heteroatoms. The van der Waals surface area contributed by atoms with Gasteiger partial charge in [0.05, 0.1) is 15.5 Å². The van der Waals surface area contributed by atoms with Gasteiger partial charge in [0, 0.05) is 12.1 Å². The molecule has 3 N–H and O–H groups in total. The number of amides is 1. The van der Waals surface area contributed by atoms with Crippen molar-refractivity contribution in [2.24, 2.45) is 4.99 Å². The summed E-state index contributed by atoms with van der Waals surface area (Å²) in [5.41, 5.74) is -2.34. The Labute approximate surface area is 188 Å². The number of hydrogen-bond donors (Lipinski definition) is 3. The number of rotatable bonds is 5. The number of alkyl halides is 4. The number of aliphatic hydroxyl groups excluding tert-OH is 1. The summed E-state index contributed by atoms with van der Waals surface area (Å²) in [6, 6.07) is 7.80. The van der Waals surface area contributed by atoms with Gasteiger partial charge in [0.1, 0.15) is 0 Å². The molecule has 0 saturated heterocycles. The number of aliphatic imine (C=N–C) groups is 1. The van der Waals surface area contributed by atoms with Crippen molar-refractivity contribution in [1.29, 1.82) is 0 Å². The highest BCUT2D eigenvalue weighted by atomic mass is 35.5. The molecular weight excluding hydrogens is 498 g/mol. The summed E-state index contributed by atoms with van der Waals surface area (Å²) in [7, 11) is -4.13. The van der Waals surface area contributed by atoms with Crippen LogP contribution in [0.3, 0.4) is 0 Å². The van der Waals surface area contributed by atoms with Crippen molar-refractivity contribution in [3.63, 3.8) is 0 Å². The summed E-state index contributed by atoms with van der Waals surface area (Å²) >= 11 is 6.06. The molecule has 172 valence electrons. The summed E-state index contributed by atoms with van der Waals surface area (Å²) in [5, 5.41) is 10.9. The van der Waals surface area contributed by atoms with Crippen LogP contribution in [-0.4, -0.2) is 36.3 Å². The van der Waals surface area contributed by atoms with Gasteiger partial charge in [-0.3, -0.25) is 9.52 Å². The summed E-state index contributed by atoms with van der Waals surface area (Å²) in [5.74, 6) is -0.600. The summed E-state index contributed by atoms with van der Waals surface area (Å²) in [6.45, 7) is -0.109. The third kappa shape index (κ3) is 5.71. The van der Waals surface area contributed by atoms with Gasteiger partial charge in [0.25, 0.3) is 15.9 Å². The van der Waals surface area contributed by atoms with Crippen molar-refractivity contribution in [3.8, 4) is 0 Å². The number of aliphatic hydroxyl groups is 1. The average molecular weight is 512 g/mol. The second kappa shape index (κ2) is 9.25. The predicted octanol–water partition coefficient (Wildman–Crippen LogP) is 3.28. The molecule has 1 amide bonds. The molecule has 0 saturated carbocycles. The fraction of sp³-hybridized carbons (Fsp3) is 0.222. The van der Waals surface area contributed by atoms with E-state index in [0.29, 0.717) is 17.3 Å². The lowest BCUT2D eigenvalue weighted by Gasteiger charge is -2.11. The second-order valence-corrected chi connectivity index (χ2v) is 9.60. The maximum atomic E-state index is 13.2. The van der Waals surface area contributed by atoms with Crippen LogP contribution in [0.2, 0.25) is 5.02 Å².